The van der Waals surface area contributed by atoms with Gasteiger partial charge in [-0.2, -0.15) is 0 Å². The Kier molecular flexibility index (Phi) is 9.01. The van der Waals surface area contributed by atoms with Crippen LogP contribution in [0, 0.1) is 11.8 Å². The molecular formula is C25H36ClN3O4. The van der Waals surface area contributed by atoms with Gasteiger partial charge in [0.2, 0.25) is 11.8 Å². The number of piperidine rings is 2. The first-order valence-electron chi connectivity index (χ1n) is 12.0. The summed E-state index contributed by atoms with van der Waals surface area (Å²) in [6.45, 7) is 5.25. The number of likely N-dealkylation sites (tertiary alicyclic amines) is 2. The molecule has 3 amide bonds. The van der Waals surface area contributed by atoms with Crippen molar-refractivity contribution >= 4 is 29.3 Å². The Balaban J connectivity index is 1.49. The highest BCUT2D eigenvalue weighted by Crippen LogP contribution is 2.28. The molecule has 0 unspecified atom stereocenters. The molecule has 7 nitrogen and oxygen atoms in total. The monoisotopic (exact) mass is 477 g/mol. The normalized spacial score (nSPS) is 17.7. The van der Waals surface area contributed by atoms with Crippen LogP contribution in [0.15, 0.2) is 18.2 Å². The van der Waals surface area contributed by atoms with Gasteiger partial charge >= 0.3 is 0 Å². The van der Waals surface area contributed by atoms with Crippen LogP contribution >= 0.6 is 11.6 Å². The summed E-state index contributed by atoms with van der Waals surface area (Å²) in [5, 5.41) is 0.489. The highest BCUT2D eigenvalue weighted by atomic mass is 35.5. The zero-order valence-electron chi connectivity index (χ0n) is 20.0. The van der Waals surface area contributed by atoms with Crippen molar-refractivity contribution in [1.29, 1.82) is 0 Å². The number of hydrogen-bond acceptors (Lipinski definition) is 4. The Morgan fingerprint density at radius 1 is 1.03 bits per heavy atom. The minimum atomic E-state index is -0.119. The SMILES string of the molecule is CCCCN(C)C(=O)C1CCN(C(=O)C2CCN(C(=O)c3cc(Cl)ccc3OC)CC2)CC1. The number of hydrogen-bond donors (Lipinski definition) is 0. The van der Waals surface area contributed by atoms with E-state index in [0.29, 0.717) is 55.4 Å². The maximum Gasteiger partial charge on any atom is 0.257 e. The molecule has 2 aliphatic heterocycles. The van der Waals surface area contributed by atoms with E-state index in [1.807, 2.05) is 16.8 Å². The van der Waals surface area contributed by atoms with Crippen LogP contribution in [-0.4, -0.2) is 79.3 Å². The fourth-order valence-corrected chi connectivity index (χ4v) is 4.94. The Bertz CT molecular complexity index is 846. The fourth-order valence-electron chi connectivity index (χ4n) is 4.77. The van der Waals surface area contributed by atoms with Gasteiger partial charge in [0.15, 0.2) is 0 Å². The van der Waals surface area contributed by atoms with Crippen LogP contribution in [0.5, 0.6) is 5.75 Å². The lowest BCUT2D eigenvalue weighted by Gasteiger charge is -2.37. The van der Waals surface area contributed by atoms with Gasteiger partial charge in [-0.15, -0.1) is 0 Å². The van der Waals surface area contributed by atoms with E-state index in [0.717, 1.165) is 32.2 Å². The van der Waals surface area contributed by atoms with Gasteiger partial charge in [0.05, 0.1) is 12.7 Å². The number of ether oxygens (including phenoxy) is 1. The van der Waals surface area contributed by atoms with E-state index in [1.165, 1.54) is 7.11 Å². The molecule has 2 fully saturated rings. The van der Waals surface area contributed by atoms with Gasteiger partial charge in [0.1, 0.15) is 5.75 Å². The number of benzene rings is 1. The van der Waals surface area contributed by atoms with Gasteiger partial charge in [0, 0.05) is 56.6 Å². The summed E-state index contributed by atoms with van der Waals surface area (Å²) in [7, 11) is 3.41. The highest BCUT2D eigenvalue weighted by Gasteiger charge is 2.34. The molecule has 1 aromatic rings. The summed E-state index contributed by atoms with van der Waals surface area (Å²) in [6, 6.07) is 5.02. The average molecular weight is 478 g/mol. The molecule has 1 aromatic carbocycles. The summed E-state index contributed by atoms with van der Waals surface area (Å²) in [5.41, 5.74) is 0.449. The lowest BCUT2D eigenvalue weighted by Crippen LogP contribution is -2.48. The van der Waals surface area contributed by atoms with Crippen LogP contribution in [0.3, 0.4) is 0 Å². The summed E-state index contributed by atoms with van der Waals surface area (Å²) in [4.78, 5) is 44.2. The number of nitrogens with zero attached hydrogens (tertiary/aromatic N) is 3. The third kappa shape index (κ3) is 6.19. The molecule has 2 heterocycles. The van der Waals surface area contributed by atoms with Crippen LogP contribution in [-0.2, 0) is 9.59 Å². The second-order valence-corrected chi connectivity index (χ2v) is 9.56. The lowest BCUT2D eigenvalue weighted by atomic mass is 9.91. The molecule has 0 atom stereocenters. The number of unbranched alkanes of at least 4 members (excludes halogenated alkanes) is 1. The van der Waals surface area contributed by atoms with Crippen molar-refractivity contribution in [1.82, 2.24) is 14.7 Å². The van der Waals surface area contributed by atoms with Crippen LogP contribution in [0.25, 0.3) is 0 Å². The van der Waals surface area contributed by atoms with Gasteiger partial charge in [0.25, 0.3) is 5.91 Å². The predicted octanol–water partition coefficient (Wildman–Crippen LogP) is 3.70. The molecule has 3 rings (SSSR count). The Hall–Kier alpha value is -2.28. The minimum absolute atomic E-state index is 0.0167. The molecule has 0 N–H and O–H groups in total. The lowest BCUT2D eigenvalue weighted by molar-refractivity contribution is -0.142. The Morgan fingerprint density at radius 3 is 2.24 bits per heavy atom. The van der Waals surface area contributed by atoms with Crippen molar-refractivity contribution < 1.29 is 19.1 Å². The molecular weight excluding hydrogens is 442 g/mol. The second-order valence-electron chi connectivity index (χ2n) is 9.12. The zero-order chi connectivity index (χ0) is 24.0. The predicted molar refractivity (Wildman–Crippen MR) is 128 cm³/mol. The number of carbonyl (C=O) groups is 3. The molecule has 0 spiro atoms. The van der Waals surface area contributed by atoms with Crippen molar-refractivity contribution in [3.8, 4) is 5.75 Å². The van der Waals surface area contributed by atoms with E-state index < -0.39 is 0 Å². The van der Waals surface area contributed by atoms with Gasteiger partial charge in [-0.25, -0.2) is 0 Å². The van der Waals surface area contributed by atoms with E-state index in [1.54, 1.807) is 23.1 Å². The van der Waals surface area contributed by atoms with Gasteiger partial charge in [-0.05, 0) is 50.3 Å². The number of carbonyl (C=O) groups excluding carboxylic acids is 3. The quantitative estimate of drug-likeness (QED) is 0.600. The summed E-state index contributed by atoms with van der Waals surface area (Å²) < 4.78 is 5.32. The van der Waals surface area contributed by atoms with Crippen LogP contribution in [0.4, 0.5) is 0 Å². The maximum atomic E-state index is 13.1. The molecule has 2 aliphatic rings. The molecule has 182 valence electrons. The third-order valence-electron chi connectivity index (χ3n) is 6.90. The maximum absolute atomic E-state index is 13.1. The van der Waals surface area contributed by atoms with E-state index >= 15 is 0 Å². The van der Waals surface area contributed by atoms with Gasteiger partial charge in [-0.1, -0.05) is 24.9 Å². The molecule has 0 aliphatic carbocycles. The summed E-state index contributed by atoms with van der Waals surface area (Å²) in [6.07, 6.45) is 4.84. The zero-order valence-corrected chi connectivity index (χ0v) is 20.8. The smallest absolute Gasteiger partial charge is 0.257 e. The van der Waals surface area contributed by atoms with Gasteiger partial charge < -0.3 is 19.4 Å². The number of halogens is 1. The van der Waals surface area contributed by atoms with Crippen molar-refractivity contribution in [3.63, 3.8) is 0 Å². The van der Waals surface area contributed by atoms with Gasteiger partial charge in [-0.3, -0.25) is 14.4 Å². The second kappa shape index (κ2) is 11.7. The van der Waals surface area contributed by atoms with E-state index in [4.69, 9.17) is 16.3 Å². The topological polar surface area (TPSA) is 70.2 Å². The van der Waals surface area contributed by atoms with E-state index in [-0.39, 0.29) is 29.6 Å². The van der Waals surface area contributed by atoms with Crippen LogP contribution < -0.4 is 4.74 Å². The molecule has 0 aromatic heterocycles. The molecule has 8 heteroatoms. The van der Waals surface area contributed by atoms with Crippen molar-refractivity contribution in [2.24, 2.45) is 11.8 Å². The summed E-state index contributed by atoms with van der Waals surface area (Å²) >= 11 is 6.08. The van der Waals surface area contributed by atoms with Crippen molar-refractivity contribution in [2.75, 3.05) is 46.9 Å². The van der Waals surface area contributed by atoms with Crippen LogP contribution in [0.2, 0.25) is 5.02 Å². The molecule has 0 bridgehead atoms. The number of amides is 3. The fraction of sp³-hybridized carbons (Fsp3) is 0.640. The standard InChI is InChI=1S/C25H36ClN3O4/c1-4-5-12-27(2)23(30)18-8-13-28(14-9-18)24(31)19-10-15-29(16-11-19)25(32)21-17-20(26)6-7-22(21)33-3/h6-7,17-19H,4-5,8-16H2,1-3H3. The van der Waals surface area contributed by atoms with Crippen molar-refractivity contribution in [3.05, 3.63) is 28.8 Å². The first-order valence-corrected chi connectivity index (χ1v) is 12.4. The van der Waals surface area contributed by atoms with E-state index in [2.05, 4.69) is 6.92 Å². The molecule has 0 saturated carbocycles. The van der Waals surface area contributed by atoms with Crippen molar-refractivity contribution in [2.45, 2.75) is 45.4 Å². The molecule has 2 saturated heterocycles. The third-order valence-corrected chi connectivity index (χ3v) is 7.14. The number of methoxy groups -OCH3 is 1. The highest BCUT2D eigenvalue weighted by molar-refractivity contribution is 6.31. The molecule has 0 radical (unpaired) electrons. The van der Waals surface area contributed by atoms with E-state index in [9.17, 15) is 14.4 Å². The Labute approximate surface area is 202 Å². The molecule has 33 heavy (non-hydrogen) atoms. The van der Waals surface area contributed by atoms with Crippen LogP contribution in [0.1, 0.15) is 55.8 Å². The average Bonchev–Trinajstić information content (AvgIpc) is 2.86. The first-order chi connectivity index (χ1) is 15.8. The first kappa shape index (κ1) is 25.3. The number of rotatable bonds is 7. The summed E-state index contributed by atoms with van der Waals surface area (Å²) in [5.74, 6) is 0.691. The largest absolute Gasteiger partial charge is 0.496 e. The Morgan fingerprint density at radius 2 is 1.64 bits per heavy atom. The minimum Gasteiger partial charge on any atom is -0.496 e.